The zero-order valence-corrected chi connectivity index (χ0v) is 11.1. The molecular weight excluding hydrogens is 226 g/mol. The number of carbonyl (C=O) groups is 1. The molecule has 1 aliphatic rings. The molecular formula is C15H21NO2. The van der Waals surface area contributed by atoms with Gasteiger partial charge in [-0.1, -0.05) is 30.3 Å². The first-order valence-corrected chi connectivity index (χ1v) is 6.56. The number of methoxy groups -OCH3 is 1. The molecule has 1 heterocycles. The van der Waals surface area contributed by atoms with Crippen LogP contribution >= 0.6 is 0 Å². The Hall–Kier alpha value is -1.35. The molecule has 2 unspecified atom stereocenters. The Balaban J connectivity index is 1.91. The van der Waals surface area contributed by atoms with Gasteiger partial charge in [-0.15, -0.1) is 0 Å². The van der Waals surface area contributed by atoms with E-state index in [0.29, 0.717) is 18.4 Å². The Bertz CT molecular complexity index is 391. The van der Waals surface area contributed by atoms with Crippen molar-refractivity contribution in [3.63, 3.8) is 0 Å². The van der Waals surface area contributed by atoms with Gasteiger partial charge in [-0.25, -0.2) is 0 Å². The second-order valence-corrected chi connectivity index (χ2v) is 5.02. The van der Waals surface area contributed by atoms with Crippen LogP contribution in [0.25, 0.3) is 0 Å². The van der Waals surface area contributed by atoms with Crippen molar-refractivity contribution in [1.29, 1.82) is 0 Å². The molecule has 0 aliphatic carbocycles. The molecule has 1 saturated heterocycles. The molecule has 3 nitrogen and oxygen atoms in total. The van der Waals surface area contributed by atoms with Crippen LogP contribution in [0, 0.1) is 5.92 Å². The summed E-state index contributed by atoms with van der Waals surface area (Å²) in [5, 5.41) is 0. The topological polar surface area (TPSA) is 29.5 Å². The van der Waals surface area contributed by atoms with Crippen LogP contribution in [0.1, 0.15) is 31.4 Å². The van der Waals surface area contributed by atoms with E-state index in [4.69, 9.17) is 4.74 Å². The number of ether oxygens (including phenoxy) is 1. The van der Waals surface area contributed by atoms with Gasteiger partial charge in [-0.2, -0.15) is 0 Å². The Labute approximate surface area is 109 Å². The van der Waals surface area contributed by atoms with Crippen molar-refractivity contribution >= 4 is 5.97 Å². The number of rotatable bonds is 4. The summed E-state index contributed by atoms with van der Waals surface area (Å²) in [7, 11) is 1.46. The molecule has 1 aromatic carbocycles. The maximum atomic E-state index is 11.3. The monoisotopic (exact) mass is 247 g/mol. The van der Waals surface area contributed by atoms with Crippen molar-refractivity contribution in [2.75, 3.05) is 20.2 Å². The predicted molar refractivity (Wildman–Crippen MR) is 71.2 cm³/mol. The normalized spacial score (nSPS) is 21.8. The lowest BCUT2D eigenvalue weighted by atomic mass is 10.0. The van der Waals surface area contributed by atoms with Gasteiger partial charge in [0.15, 0.2) is 0 Å². The zero-order chi connectivity index (χ0) is 13.0. The third-order valence-electron chi connectivity index (χ3n) is 3.83. The van der Waals surface area contributed by atoms with Gasteiger partial charge in [0.25, 0.3) is 0 Å². The molecule has 0 bridgehead atoms. The van der Waals surface area contributed by atoms with Crippen molar-refractivity contribution in [2.24, 2.45) is 5.92 Å². The predicted octanol–water partition coefficient (Wildman–Crippen LogP) is 2.63. The fourth-order valence-electron chi connectivity index (χ4n) is 2.64. The van der Waals surface area contributed by atoms with Gasteiger partial charge >= 0.3 is 5.97 Å². The van der Waals surface area contributed by atoms with Gasteiger partial charge in [-0.3, -0.25) is 9.69 Å². The molecule has 18 heavy (non-hydrogen) atoms. The number of carbonyl (C=O) groups excluding carboxylic acids is 1. The van der Waals surface area contributed by atoms with Crippen LogP contribution in [0.4, 0.5) is 0 Å². The van der Waals surface area contributed by atoms with E-state index in [1.54, 1.807) is 0 Å². The van der Waals surface area contributed by atoms with Crippen molar-refractivity contribution < 1.29 is 9.53 Å². The van der Waals surface area contributed by atoms with Crippen LogP contribution in [-0.4, -0.2) is 31.1 Å². The van der Waals surface area contributed by atoms with E-state index >= 15 is 0 Å². The highest BCUT2D eigenvalue weighted by Gasteiger charge is 2.28. The number of hydrogen-bond donors (Lipinski definition) is 0. The highest BCUT2D eigenvalue weighted by atomic mass is 16.5. The second-order valence-electron chi connectivity index (χ2n) is 5.02. The second kappa shape index (κ2) is 6.01. The molecule has 0 spiro atoms. The lowest BCUT2D eigenvalue weighted by Crippen LogP contribution is -2.25. The third-order valence-corrected chi connectivity index (χ3v) is 3.83. The van der Waals surface area contributed by atoms with Gasteiger partial charge < -0.3 is 4.74 Å². The minimum atomic E-state index is -0.0887. The zero-order valence-electron chi connectivity index (χ0n) is 11.1. The minimum absolute atomic E-state index is 0.0887. The summed E-state index contributed by atoms with van der Waals surface area (Å²) in [6.45, 7) is 4.29. The van der Waals surface area contributed by atoms with Gasteiger partial charge in [0.1, 0.15) is 0 Å². The van der Waals surface area contributed by atoms with Crippen LogP contribution in [0.15, 0.2) is 30.3 Å². The van der Waals surface area contributed by atoms with E-state index in [2.05, 4.69) is 36.1 Å². The smallest absolute Gasteiger partial charge is 0.305 e. The van der Waals surface area contributed by atoms with Gasteiger partial charge in [0, 0.05) is 19.0 Å². The summed E-state index contributed by atoms with van der Waals surface area (Å²) < 4.78 is 4.74. The first kappa shape index (κ1) is 13.1. The van der Waals surface area contributed by atoms with Crippen molar-refractivity contribution in [2.45, 2.75) is 25.8 Å². The molecule has 0 saturated carbocycles. The Morgan fingerprint density at radius 2 is 2.17 bits per heavy atom. The number of nitrogens with zero attached hydrogens (tertiary/aromatic N) is 1. The molecule has 1 aliphatic heterocycles. The summed E-state index contributed by atoms with van der Waals surface area (Å²) in [5.41, 5.74) is 1.34. The first-order chi connectivity index (χ1) is 8.70. The van der Waals surface area contributed by atoms with Crippen molar-refractivity contribution in [3.05, 3.63) is 35.9 Å². The summed E-state index contributed by atoms with van der Waals surface area (Å²) in [4.78, 5) is 13.7. The molecule has 2 atom stereocenters. The van der Waals surface area contributed by atoms with Crippen LogP contribution in [0.2, 0.25) is 0 Å². The van der Waals surface area contributed by atoms with E-state index in [1.807, 2.05) is 6.07 Å². The van der Waals surface area contributed by atoms with Crippen molar-refractivity contribution in [1.82, 2.24) is 4.90 Å². The van der Waals surface area contributed by atoms with Crippen LogP contribution < -0.4 is 0 Å². The summed E-state index contributed by atoms with van der Waals surface area (Å²) >= 11 is 0. The van der Waals surface area contributed by atoms with Crippen LogP contribution in [-0.2, 0) is 9.53 Å². The molecule has 0 amide bonds. The highest BCUT2D eigenvalue weighted by Crippen LogP contribution is 2.28. The van der Waals surface area contributed by atoms with E-state index < -0.39 is 0 Å². The Morgan fingerprint density at radius 1 is 1.44 bits per heavy atom. The average Bonchev–Trinajstić information content (AvgIpc) is 2.87. The largest absolute Gasteiger partial charge is 0.469 e. The fourth-order valence-corrected chi connectivity index (χ4v) is 2.64. The summed E-state index contributed by atoms with van der Waals surface area (Å²) in [6, 6.07) is 11.0. The summed E-state index contributed by atoms with van der Waals surface area (Å²) in [5.74, 6) is 0.359. The number of hydrogen-bond acceptors (Lipinski definition) is 3. The van der Waals surface area contributed by atoms with Gasteiger partial charge in [0.05, 0.1) is 7.11 Å². The number of likely N-dealkylation sites (tertiary alicyclic amines) is 1. The molecule has 0 aromatic heterocycles. The van der Waals surface area contributed by atoms with E-state index in [1.165, 1.54) is 12.7 Å². The number of benzene rings is 1. The average molecular weight is 247 g/mol. The Morgan fingerprint density at radius 3 is 2.83 bits per heavy atom. The summed E-state index contributed by atoms with van der Waals surface area (Å²) in [6.07, 6.45) is 1.64. The highest BCUT2D eigenvalue weighted by molar-refractivity contribution is 5.69. The van der Waals surface area contributed by atoms with Crippen molar-refractivity contribution in [3.8, 4) is 0 Å². The first-order valence-electron chi connectivity index (χ1n) is 6.56. The molecule has 1 aromatic rings. The van der Waals surface area contributed by atoms with Crippen LogP contribution in [0.3, 0.4) is 0 Å². The van der Waals surface area contributed by atoms with E-state index in [9.17, 15) is 4.79 Å². The molecule has 0 radical (unpaired) electrons. The van der Waals surface area contributed by atoms with Gasteiger partial charge in [0.2, 0.25) is 0 Å². The third kappa shape index (κ3) is 3.10. The maximum Gasteiger partial charge on any atom is 0.305 e. The fraction of sp³-hybridized carbons (Fsp3) is 0.533. The number of esters is 1. The molecule has 2 rings (SSSR count). The molecule has 0 N–H and O–H groups in total. The van der Waals surface area contributed by atoms with E-state index in [-0.39, 0.29) is 5.97 Å². The minimum Gasteiger partial charge on any atom is -0.469 e. The van der Waals surface area contributed by atoms with E-state index in [0.717, 1.165) is 19.5 Å². The van der Waals surface area contributed by atoms with Gasteiger partial charge in [-0.05, 0) is 31.4 Å². The quantitative estimate of drug-likeness (QED) is 0.766. The Kier molecular flexibility index (Phi) is 4.37. The molecule has 1 fully saturated rings. The lowest BCUT2D eigenvalue weighted by Gasteiger charge is -2.24. The lowest BCUT2D eigenvalue weighted by molar-refractivity contribution is -0.141. The SMILES string of the molecule is COC(=O)CC1CCN(C(C)c2ccccc2)C1. The van der Waals surface area contributed by atoms with Crippen LogP contribution in [0.5, 0.6) is 0 Å². The standard InChI is InChI=1S/C15H21NO2/c1-12(14-6-4-3-5-7-14)16-9-8-13(11-16)10-15(17)18-2/h3-7,12-13H,8-11H2,1-2H3. The molecule has 3 heteroatoms. The molecule has 98 valence electrons. The maximum absolute atomic E-state index is 11.3.